The number of benzene rings is 1. The number of carbonyl (C=O) groups excluding carboxylic acids is 1. The van der Waals surface area contributed by atoms with Crippen LogP contribution in [0.5, 0.6) is 5.75 Å². The zero-order valence-electron chi connectivity index (χ0n) is 23.4. The Morgan fingerprint density at radius 3 is 2.74 bits per heavy atom. The summed E-state index contributed by atoms with van der Waals surface area (Å²) in [5, 5.41) is 29.6. The van der Waals surface area contributed by atoms with Crippen molar-refractivity contribution in [2.45, 2.75) is 44.3 Å². The first kappa shape index (κ1) is 28.0. The predicted molar refractivity (Wildman–Crippen MR) is 156 cm³/mol. The molecule has 3 N–H and O–H groups in total. The zero-order chi connectivity index (χ0) is 29.1. The van der Waals surface area contributed by atoms with Crippen LogP contribution in [0.2, 0.25) is 0 Å². The summed E-state index contributed by atoms with van der Waals surface area (Å²) >= 11 is 0. The van der Waals surface area contributed by atoms with Crippen LogP contribution in [-0.2, 0) is 4.79 Å². The average molecular weight is 570 g/mol. The molecule has 6 rings (SSSR count). The first-order valence-electron chi connectivity index (χ1n) is 14.6. The average Bonchev–Trinajstić information content (AvgIpc) is 3.71. The number of imidazole rings is 1. The Bertz CT molecular complexity index is 1540. The van der Waals surface area contributed by atoms with E-state index in [-0.39, 0.29) is 17.9 Å². The standard InChI is InChI=1S/C31H35N7O4/c32-17-23-16-21(4-6-26(23)42-24-8-13-38(14-9-24)27(41)18-39)28-29-31(34-19-33-28)36-30(35-29)22-3-5-25(40)20(15-22)7-12-37-10-1-2-11-37/h3-6,15-16,19-20,24-25,39-40H,1-2,7-14,18H2,(H,33,34,35,36). The highest BCUT2D eigenvalue weighted by Gasteiger charge is 2.25. The summed E-state index contributed by atoms with van der Waals surface area (Å²) in [4.78, 5) is 32.8. The van der Waals surface area contributed by atoms with E-state index in [2.05, 4.69) is 32.0 Å². The van der Waals surface area contributed by atoms with E-state index in [1.807, 2.05) is 18.2 Å². The predicted octanol–water partition coefficient (Wildman–Crippen LogP) is 2.67. The van der Waals surface area contributed by atoms with Crippen molar-refractivity contribution >= 4 is 22.6 Å². The van der Waals surface area contributed by atoms with Crippen LogP contribution < -0.4 is 4.74 Å². The highest BCUT2D eigenvalue weighted by Crippen LogP contribution is 2.32. The number of ether oxygens (including phenoxy) is 1. The Labute approximate surface area is 244 Å². The van der Waals surface area contributed by atoms with Crippen LogP contribution in [0, 0.1) is 17.2 Å². The number of allylic oxidation sites excluding steroid dienone is 2. The third-order valence-electron chi connectivity index (χ3n) is 8.44. The number of aromatic nitrogens is 4. The summed E-state index contributed by atoms with van der Waals surface area (Å²) in [6.07, 6.45) is 11.3. The summed E-state index contributed by atoms with van der Waals surface area (Å²) in [6.45, 7) is 3.76. The van der Waals surface area contributed by atoms with E-state index in [0.29, 0.717) is 59.9 Å². The van der Waals surface area contributed by atoms with Gasteiger partial charge in [-0.15, -0.1) is 0 Å². The number of nitrogens with one attached hydrogen (secondary N) is 1. The minimum atomic E-state index is -0.517. The highest BCUT2D eigenvalue weighted by atomic mass is 16.5. The van der Waals surface area contributed by atoms with Gasteiger partial charge < -0.3 is 29.7 Å². The van der Waals surface area contributed by atoms with Gasteiger partial charge in [0, 0.05) is 43.0 Å². The Morgan fingerprint density at radius 1 is 1.17 bits per heavy atom. The minimum absolute atomic E-state index is 0.0116. The van der Waals surface area contributed by atoms with E-state index in [9.17, 15) is 15.2 Å². The molecule has 11 nitrogen and oxygen atoms in total. The van der Waals surface area contributed by atoms with Crippen LogP contribution in [0.3, 0.4) is 0 Å². The molecular weight excluding hydrogens is 534 g/mol. The van der Waals surface area contributed by atoms with Gasteiger partial charge in [-0.25, -0.2) is 15.0 Å². The number of hydrogen-bond acceptors (Lipinski definition) is 9. The molecule has 0 bridgehead atoms. The number of piperidine rings is 1. The maximum Gasteiger partial charge on any atom is 0.248 e. The molecule has 4 heterocycles. The summed E-state index contributed by atoms with van der Waals surface area (Å²) in [6, 6.07) is 7.65. The third kappa shape index (κ3) is 5.92. The normalized spacial score (nSPS) is 21.5. The monoisotopic (exact) mass is 569 g/mol. The van der Waals surface area contributed by atoms with Crippen LogP contribution in [0.25, 0.3) is 28.0 Å². The van der Waals surface area contributed by atoms with Gasteiger partial charge in [0.2, 0.25) is 5.91 Å². The Kier molecular flexibility index (Phi) is 8.28. The van der Waals surface area contributed by atoms with Crippen LogP contribution in [0.4, 0.5) is 0 Å². The number of rotatable bonds is 8. The number of nitriles is 1. The number of aliphatic hydroxyl groups is 2. The van der Waals surface area contributed by atoms with Gasteiger partial charge in [-0.05, 0) is 57.1 Å². The molecular formula is C31H35N7O4. The number of hydrogen-bond donors (Lipinski definition) is 3. The molecule has 2 fully saturated rings. The molecule has 42 heavy (non-hydrogen) atoms. The number of nitrogens with zero attached hydrogens (tertiary/aromatic N) is 6. The number of aromatic amines is 1. The first-order valence-corrected chi connectivity index (χ1v) is 14.6. The maximum atomic E-state index is 11.7. The Hall–Kier alpha value is -4.11. The number of H-pyrrole nitrogens is 1. The molecule has 1 amide bonds. The quantitative estimate of drug-likeness (QED) is 0.372. The summed E-state index contributed by atoms with van der Waals surface area (Å²) in [5.74, 6) is 0.879. The number of amides is 1. The smallest absolute Gasteiger partial charge is 0.248 e. The van der Waals surface area contributed by atoms with Gasteiger partial charge in [0.1, 0.15) is 42.2 Å². The van der Waals surface area contributed by atoms with E-state index in [4.69, 9.17) is 14.8 Å². The van der Waals surface area contributed by atoms with Crippen LogP contribution in [0.15, 0.2) is 42.8 Å². The zero-order valence-corrected chi connectivity index (χ0v) is 23.4. The number of fused-ring (bicyclic) bond motifs is 1. The fourth-order valence-electron chi connectivity index (χ4n) is 6.03. The molecule has 11 heteroatoms. The molecule has 0 radical (unpaired) electrons. The van der Waals surface area contributed by atoms with Crippen molar-refractivity contribution in [2.24, 2.45) is 5.92 Å². The van der Waals surface area contributed by atoms with Gasteiger partial charge >= 0.3 is 0 Å². The van der Waals surface area contributed by atoms with Crippen LogP contribution in [0.1, 0.15) is 43.5 Å². The van der Waals surface area contributed by atoms with Gasteiger partial charge in [0.25, 0.3) is 0 Å². The van der Waals surface area contributed by atoms with Gasteiger partial charge in [-0.1, -0.05) is 18.2 Å². The summed E-state index contributed by atoms with van der Waals surface area (Å²) < 4.78 is 6.16. The molecule has 0 spiro atoms. The second-order valence-electron chi connectivity index (χ2n) is 11.2. The van der Waals surface area contributed by atoms with E-state index < -0.39 is 12.7 Å². The lowest BCUT2D eigenvalue weighted by molar-refractivity contribution is -0.135. The van der Waals surface area contributed by atoms with E-state index >= 15 is 0 Å². The molecule has 218 valence electrons. The highest BCUT2D eigenvalue weighted by molar-refractivity contribution is 5.89. The van der Waals surface area contributed by atoms with Crippen molar-refractivity contribution in [1.82, 2.24) is 29.7 Å². The third-order valence-corrected chi connectivity index (χ3v) is 8.44. The summed E-state index contributed by atoms with van der Waals surface area (Å²) in [7, 11) is 0. The largest absolute Gasteiger partial charge is 0.489 e. The topological polar surface area (TPSA) is 151 Å². The van der Waals surface area contributed by atoms with Gasteiger partial charge in [-0.2, -0.15) is 5.26 Å². The fraction of sp³-hybridized carbons (Fsp3) is 0.452. The van der Waals surface area contributed by atoms with E-state index in [0.717, 1.165) is 37.2 Å². The Balaban J connectivity index is 1.20. The number of aliphatic hydroxyl groups excluding tert-OH is 2. The number of carbonyl (C=O) groups is 1. The van der Waals surface area contributed by atoms with Crippen LogP contribution >= 0.6 is 0 Å². The minimum Gasteiger partial charge on any atom is -0.489 e. The van der Waals surface area contributed by atoms with Crippen molar-refractivity contribution in [1.29, 1.82) is 5.26 Å². The first-order chi connectivity index (χ1) is 20.5. The lowest BCUT2D eigenvalue weighted by Crippen LogP contribution is -2.42. The van der Waals surface area contributed by atoms with E-state index in [1.54, 1.807) is 17.0 Å². The second kappa shape index (κ2) is 12.4. The molecule has 3 aromatic rings. The molecule has 2 unspecified atom stereocenters. The second-order valence-corrected chi connectivity index (χ2v) is 11.2. The van der Waals surface area contributed by atoms with Crippen molar-refractivity contribution in [3.8, 4) is 23.1 Å². The lowest BCUT2D eigenvalue weighted by Gasteiger charge is -2.32. The molecule has 1 aliphatic carbocycles. The van der Waals surface area contributed by atoms with Gasteiger partial charge in [0.15, 0.2) is 5.65 Å². The molecule has 2 atom stereocenters. The Morgan fingerprint density at radius 2 is 1.98 bits per heavy atom. The SMILES string of the molecule is N#Cc1cc(-c2ncnc3nc(C4=CC(CCN5CCCC5)C(O)C=C4)[nH]c23)ccc1OC1CCN(C(=O)CO)CC1. The van der Waals surface area contributed by atoms with E-state index in [1.165, 1.54) is 19.2 Å². The van der Waals surface area contributed by atoms with Gasteiger partial charge in [-0.3, -0.25) is 4.79 Å². The molecule has 3 aliphatic rings. The molecule has 2 saturated heterocycles. The molecule has 2 aliphatic heterocycles. The molecule has 2 aromatic heterocycles. The van der Waals surface area contributed by atoms with Crippen molar-refractivity contribution in [3.05, 3.63) is 54.1 Å². The van der Waals surface area contributed by atoms with Crippen LogP contribution in [-0.4, -0.2) is 97.4 Å². The van der Waals surface area contributed by atoms with Crippen molar-refractivity contribution < 1.29 is 19.7 Å². The summed E-state index contributed by atoms with van der Waals surface area (Å²) in [5.41, 5.74) is 3.84. The van der Waals surface area contributed by atoms with Crippen molar-refractivity contribution in [2.75, 3.05) is 39.3 Å². The lowest BCUT2D eigenvalue weighted by atomic mass is 9.90. The maximum absolute atomic E-state index is 11.7. The van der Waals surface area contributed by atoms with Crippen molar-refractivity contribution in [3.63, 3.8) is 0 Å². The number of likely N-dealkylation sites (tertiary alicyclic amines) is 2. The fourth-order valence-corrected chi connectivity index (χ4v) is 6.03. The molecule has 1 aromatic carbocycles. The molecule has 0 saturated carbocycles. The van der Waals surface area contributed by atoms with Gasteiger partial charge in [0.05, 0.1) is 17.4 Å².